The summed E-state index contributed by atoms with van der Waals surface area (Å²) < 4.78 is 32.2. The fourth-order valence-electron chi connectivity index (χ4n) is 3.35. The third kappa shape index (κ3) is 4.02. The molecular formula is C20H18ClN3O6S. The number of benzene rings is 2. The smallest absolute Gasteiger partial charge is 0.337 e. The number of aromatic hydroxyl groups is 1. The van der Waals surface area contributed by atoms with Crippen LogP contribution in [0.1, 0.15) is 10.4 Å². The van der Waals surface area contributed by atoms with Crippen LogP contribution in [0.3, 0.4) is 0 Å². The van der Waals surface area contributed by atoms with Crippen LogP contribution in [-0.2, 0) is 14.6 Å². The quantitative estimate of drug-likeness (QED) is 0.420. The van der Waals surface area contributed by atoms with Crippen LogP contribution in [0.5, 0.6) is 5.75 Å². The summed E-state index contributed by atoms with van der Waals surface area (Å²) in [6.45, 7) is 0.844. The normalized spacial score (nSPS) is 16.9. The summed E-state index contributed by atoms with van der Waals surface area (Å²) in [6, 6.07) is 8.71. The average Bonchev–Trinajstić information content (AvgIpc) is 2.75. The zero-order valence-corrected chi connectivity index (χ0v) is 17.6. The van der Waals surface area contributed by atoms with Crippen molar-refractivity contribution in [3.05, 3.63) is 53.2 Å². The molecule has 0 amide bonds. The van der Waals surface area contributed by atoms with Crippen molar-refractivity contribution in [3.8, 4) is 5.75 Å². The fraction of sp³-hybridized carbons (Fsp3) is 0.200. The predicted molar refractivity (Wildman–Crippen MR) is 115 cm³/mol. The van der Waals surface area contributed by atoms with Gasteiger partial charge in [-0.3, -0.25) is 4.98 Å². The summed E-state index contributed by atoms with van der Waals surface area (Å²) in [6.07, 6.45) is 1.19. The monoisotopic (exact) mass is 463 g/mol. The molecule has 162 valence electrons. The molecule has 1 aromatic heterocycles. The Hall–Kier alpha value is -2.92. The lowest BCUT2D eigenvalue weighted by Gasteiger charge is -2.25. The first-order chi connectivity index (χ1) is 14.8. The van der Waals surface area contributed by atoms with Crippen molar-refractivity contribution in [1.82, 2.24) is 10.3 Å². The summed E-state index contributed by atoms with van der Waals surface area (Å²) in [5.74, 6) is -1.65. The summed E-state index contributed by atoms with van der Waals surface area (Å²) in [5, 5.41) is 26.3. The van der Waals surface area contributed by atoms with E-state index in [0.29, 0.717) is 22.5 Å². The molecule has 1 fully saturated rings. The Morgan fingerprint density at radius 2 is 2.06 bits per heavy atom. The van der Waals surface area contributed by atoms with Crippen LogP contribution in [-0.4, -0.2) is 54.7 Å². The number of pyridine rings is 1. The van der Waals surface area contributed by atoms with Crippen molar-refractivity contribution in [3.63, 3.8) is 0 Å². The van der Waals surface area contributed by atoms with Crippen LogP contribution in [0.25, 0.3) is 10.9 Å². The second-order valence-electron chi connectivity index (χ2n) is 6.84. The van der Waals surface area contributed by atoms with Gasteiger partial charge in [-0.05, 0) is 30.3 Å². The van der Waals surface area contributed by atoms with Crippen molar-refractivity contribution in [2.24, 2.45) is 0 Å². The third-order valence-corrected chi connectivity index (χ3v) is 7.02. The zero-order valence-electron chi connectivity index (χ0n) is 16.0. The first-order valence-electron chi connectivity index (χ1n) is 9.26. The van der Waals surface area contributed by atoms with E-state index in [1.54, 1.807) is 12.1 Å². The number of halogens is 1. The number of carboxylic acid groups (broad SMARTS) is 1. The number of phenolic OH excluding ortho intramolecular Hbond substituents is 1. The molecule has 9 nitrogen and oxygen atoms in total. The van der Waals surface area contributed by atoms with E-state index in [1.807, 2.05) is 0 Å². The molecule has 0 bridgehead atoms. The number of anilines is 2. The van der Waals surface area contributed by atoms with Crippen molar-refractivity contribution in [2.75, 3.05) is 25.0 Å². The predicted octanol–water partition coefficient (Wildman–Crippen LogP) is 2.76. The summed E-state index contributed by atoms with van der Waals surface area (Å²) in [7, 11) is -4.04. The van der Waals surface area contributed by atoms with Gasteiger partial charge in [0, 0.05) is 29.7 Å². The molecule has 1 atom stereocenters. The van der Waals surface area contributed by atoms with Crippen LogP contribution in [0.15, 0.2) is 47.5 Å². The van der Waals surface area contributed by atoms with Crippen molar-refractivity contribution in [1.29, 1.82) is 0 Å². The Bertz CT molecular complexity index is 1280. The Kier molecular flexibility index (Phi) is 5.71. The van der Waals surface area contributed by atoms with Gasteiger partial charge in [0.15, 0.2) is 5.44 Å². The van der Waals surface area contributed by atoms with Gasteiger partial charge in [-0.1, -0.05) is 17.7 Å². The Morgan fingerprint density at radius 3 is 2.77 bits per heavy atom. The van der Waals surface area contributed by atoms with Gasteiger partial charge < -0.3 is 25.6 Å². The van der Waals surface area contributed by atoms with Crippen LogP contribution in [0, 0.1) is 0 Å². The van der Waals surface area contributed by atoms with E-state index in [1.165, 1.54) is 30.5 Å². The topological polar surface area (TPSA) is 138 Å². The minimum absolute atomic E-state index is 0.0469. The molecule has 2 aromatic carbocycles. The number of carbonyl (C=O) groups is 1. The largest absolute Gasteiger partial charge is 0.506 e. The van der Waals surface area contributed by atoms with Gasteiger partial charge in [0.1, 0.15) is 10.6 Å². The summed E-state index contributed by atoms with van der Waals surface area (Å²) in [4.78, 5) is 15.7. The minimum atomic E-state index is -4.04. The van der Waals surface area contributed by atoms with Gasteiger partial charge in [0.25, 0.3) is 0 Å². The Labute approximate surface area is 182 Å². The van der Waals surface area contributed by atoms with Crippen molar-refractivity contribution < 1.29 is 28.2 Å². The molecule has 0 radical (unpaired) electrons. The van der Waals surface area contributed by atoms with E-state index in [-0.39, 0.29) is 40.7 Å². The molecule has 0 spiro atoms. The van der Waals surface area contributed by atoms with Crippen LogP contribution in [0.2, 0.25) is 5.02 Å². The second-order valence-corrected chi connectivity index (χ2v) is 9.33. The maximum absolute atomic E-state index is 13.4. The van der Waals surface area contributed by atoms with Crippen LogP contribution < -0.4 is 10.6 Å². The Balaban J connectivity index is 1.96. The maximum Gasteiger partial charge on any atom is 0.337 e. The molecule has 1 saturated heterocycles. The number of hydrogen-bond donors (Lipinski definition) is 4. The van der Waals surface area contributed by atoms with E-state index >= 15 is 0 Å². The van der Waals surface area contributed by atoms with E-state index in [2.05, 4.69) is 15.6 Å². The lowest BCUT2D eigenvalue weighted by atomic mass is 10.1. The lowest BCUT2D eigenvalue weighted by molar-refractivity contribution is 0.0697. The lowest BCUT2D eigenvalue weighted by Crippen LogP contribution is -2.43. The molecule has 31 heavy (non-hydrogen) atoms. The van der Waals surface area contributed by atoms with E-state index < -0.39 is 21.2 Å². The van der Waals surface area contributed by atoms with Crippen molar-refractivity contribution >= 4 is 49.7 Å². The maximum atomic E-state index is 13.4. The van der Waals surface area contributed by atoms with Gasteiger partial charge in [-0.15, -0.1) is 0 Å². The van der Waals surface area contributed by atoms with Gasteiger partial charge >= 0.3 is 5.97 Å². The minimum Gasteiger partial charge on any atom is -0.506 e. The average molecular weight is 464 g/mol. The second kappa shape index (κ2) is 8.31. The number of aromatic carboxylic acids is 1. The molecule has 11 heteroatoms. The highest BCUT2D eigenvalue weighted by Crippen LogP contribution is 2.38. The molecule has 1 unspecified atom stereocenters. The molecule has 1 aliphatic heterocycles. The number of para-hydroxylation sites is 1. The highest BCUT2D eigenvalue weighted by atomic mass is 35.5. The number of morpholine rings is 1. The number of carboxylic acids is 1. The number of ether oxygens (including phenoxy) is 1. The Morgan fingerprint density at radius 1 is 1.26 bits per heavy atom. The van der Waals surface area contributed by atoms with Gasteiger partial charge in [0.2, 0.25) is 9.84 Å². The van der Waals surface area contributed by atoms with Gasteiger partial charge in [-0.2, -0.15) is 0 Å². The van der Waals surface area contributed by atoms with Crippen LogP contribution in [0.4, 0.5) is 11.4 Å². The first kappa shape index (κ1) is 21.3. The fourth-order valence-corrected chi connectivity index (χ4v) is 5.06. The number of phenols is 1. The molecule has 0 aliphatic carbocycles. The number of nitrogens with one attached hydrogen (secondary N) is 2. The highest BCUT2D eigenvalue weighted by Gasteiger charge is 2.33. The molecule has 2 heterocycles. The number of fused-ring (bicyclic) bond motifs is 1. The van der Waals surface area contributed by atoms with Gasteiger partial charge in [-0.25, -0.2) is 13.2 Å². The third-order valence-electron chi connectivity index (χ3n) is 4.86. The number of rotatable bonds is 5. The summed E-state index contributed by atoms with van der Waals surface area (Å²) in [5.41, 5.74) is -1.05. The van der Waals surface area contributed by atoms with Gasteiger partial charge in [0.05, 0.1) is 29.1 Å². The molecule has 1 aliphatic rings. The SMILES string of the molecule is O=C(O)c1cccc(O)c1Nc1c(S(=O)(=O)C2CNCCO2)cnc2ccc(Cl)cc12. The molecule has 4 rings (SSSR count). The van der Waals surface area contributed by atoms with E-state index in [4.69, 9.17) is 16.3 Å². The molecule has 0 saturated carbocycles. The van der Waals surface area contributed by atoms with Crippen LogP contribution >= 0.6 is 11.6 Å². The molecular weight excluding hydrogens is 446 g/mol. The van der Waals surface area contributed by atoms with Crippen molar-refractivity contribution in [2.45, 2.75) is 10.3 Å². The standard InChI is InChI=1S/C20H18ClN3O6S/c21-11-4-5-14-13(8-11)19(24-18-12(20(26)27)2-1-3-15(18)25)16(9-23-14)31(28,29)17-10-22-6-7-30-17/h1-5,8-9,17,22,25H,6-7,10H2,(H,23,24)(H,26,27). The van der Waals surface area contributed by atoms with E-state index in [0.717, 1.165) is 0 Å². The number of hydrogen-bond acceptors (Lipinski definition) is 8. The first-order valence-corrected chi connectivity index (χ1v) is 11.2. The van der Waals surface area contributed by atoms with E-state index in [9.17, 15) is 23.4 Å². The molecule has 4 N–H and O–H groups in total. The number of nitrogens with zero attached hydrogens (tertiary/aromatic N) is 1. The highest BCUT2D eigenvalue weighted by molar-refractivity contribution is 7.92. The number of sulfone groups is 1. The zero-order chi connectivity index (χ0) is 22.2. The summed E-state index contributed by atoms with van der Waals surface area (Å²) >= 11 is 6.14. The number of aromatic nitrogens is 1. The molecule has 3 aromatic rings.